The highest BCUT2D eigenvalue weighted by atomic mass is 35.5. The molecule has 2 N–H and O–H groups in total. The van der Waals surface area contributed by atoms with Crippen molar-refractivity contribution >= 4 is 33.2 Å². The summed E-state index contributed by atoms with van der Waals surface area (Å²) in [5.41, 5.74) is 1.33. The van der Waals surface area contributed by atoms with E-state index in [0.717, 1.165) is 5.56 Å². The van der Waals surface area contributed by atoms with Crippen LogP contribution in [0.5, 0.6) is 0 Å². The van der Waals surface area contributed by atoms with Crippen LogP contribution in [-0.4, -0.2) is 20.9 Å². The molecule has 0 fully saturated rings. The fourth-order valence-corrected chi connectivity index (χ4v) is 3.07. The second-order valence-corrected chi connectivity index (χ2v) is 6.90. The van der Waals surface area contributed by atoms with Crippen LogP contribution in [0.4, 0.5) is 5.69 Å². The minimum atomic E-state index is -3.72. The average molecular weight is 339 g/mol. The summed E-state index contributed by atoms with van der Waals surface area (Å²) in [7, 11) is -3.72. The number of anilines is 1. The first kappa shape index (κ1) is 16.5. The van der Waals surface area contributed by atoms with Gasteiger partial charge in [-0.15, -0.1) is 0 Å². The summed E-state index contributed by atoms with van der Waals surface area (Å²) in [6, 6.07) is 13.1. The number of carbonyl (C=O) groups is 1. The maximum atomic E-state index is 12.1. The first-order valence-electron chi connectivity index (χ1n) is 6.48. The highest BCUT2D eigenvalue weighted by Gasteiger charge is 2.15. The molecule has 116 valence electrons. The van der Waals surface area contributed by atoms with Crippen molar-refractivity contribution < 1.29 is 13.2 Å². The third-order valence-corrected chi connectivity index (χ3v) is 4.46. The van der Waals surface area contributed by atoms with Crippen molar-refractivity contribution in [3.05, 3.63) is 59.1 Å². The van der Waals surface area contributed by atoms with Crippen LogP contribution in [0.1, 0.15) is 5.56 Å². The zero-order chi connectivity index (χ0) is 16.2. The second kappa shape index (κ2) is 6.91. The Morgan fingerprint density at radius 3 is 2.55 bits per heavy atom. The number of benzene rings is 2. The normalized spacial score (nSPS) is 11.2. The Kier molecular flexibility index (Phi) is 5.18. The van der Waals surface area contributed by atoms with Crippen molar-refractivity contribution in [3.8, 4) is 0 Å². The van der Waals surface area contributed by atoms with Gasteiger partial charge >= 0.3 is 0 Å². The minimum absolute atomic E-state index is 0.128. The Labute approximate surface area is 134 Å². The maximum Gasteiger partial charge on any atom is 0.241 e. The molecule has 2 rings (SSSR count). The van der Waals surface area contributed by atoms with E-state index in [-0.39, 0.29) is 11.4 Å². The Bertz CT molecular complexity index is 791. The number of nitrogens with one attached hydrogen (secondary N) is 2. The van der Waals surface area contributed by atoms with Gasteiger partial charge in [0.1, 0.15) is 0 Å². The Morgan fingerprint density at radius 2 is 1.86 bits per heavy atom. The van der Waals surface area contributed by atoms with Crippen LogP contribution in [-0.2, 0) is 14.8 Å². The van der Waals surface area contributed by atoms with E-state index in [4.69, 9.17) is 11.6 Å². The summed E-state index contributed by atoms with van der Waals surface area (Å²) in [5, 5.41) is 3.05. The predicted molar refractivity (Wildman–Crippen MR) is 86.4 cm³/mol. The molecule has 0 saturated heterocycles. The molecule has 2 aromatic rings. The molecule has 0 radical (unpaired) electrons. The highest BCUT2D eigenvalue weighted by molar-refractivity contribution is 7.89. The average Bonchev–Trinajstić information content (AvgIpc) is 2.45. The lowest BCUT2D eigenvalue weighted by Crippen LogP contribution is -2.32. The van der Waals surface area contributed by atoms with Gasteiger partial charge in [-0.25, -0.2) is 13.1 Å². The molecule has 0 aliphatic rings. The molecule has 22 heavy (non-hydrogen) atoms. The van der Waals surface area contributed by atoms with E-state index in [2.05, 4.69) is 10.0 Å². The molecule has 0 aliphatic heterocycles. The van der Waals surface area contributed by atoms with Crippen LogP contribution in [0.2, 0.25) is 5.02 Å². The summed E-state index contributed by atoms with van der Waals surface area (Å²) in [6.07, 6.45) is 0. The van der Waals surface area contributed by atoms with Gasteiger partial charge in [-0.05, 0) is 42.8 Å². The molecular weight excluding hydrogens is 324 g/mol. The first-order chi connectivity index (χ1) is 10.4. The van der Waals surface area contributed by atoms with Crippen molar-refractivity contribution in [2.75, 3.05) is 11.9 Å². The number of hydrogen-bond donors (Lipinski definition) is 2. The van der Waals surface area contributed by atoms with Crippen LogP contribution < -0.4 is 10.0 Å². The lowest BCUT2D eigenvalue weighted by molar-refractivity contribution is -0.115. The van der Waals surface area contributed by atoms with E-state index < -0.39 is 15.9 Å². The molecule has 0 bridgehead atoms. The molecule has 0 aliphatic carbocycles. The molecule has 0 saturated carbocycles. The molecular formula is C15H15ClN2O3S. The molecule has 5 nitrogen and oxygen atoms in total. The fraction of sp³-hybridized carbons (Fsp3) is 0.133. The van der Waals surface area contributed by atoms with E-state index in [1.807, 2.05) is 0 Å². The predicted octanol–water partition coefficient (Wildman–Crippen LogP) is 2.57. The zero-order valence-corrected chi connectivity index (χ0v) is 13.4. The number of amides is 1. The number of halogens is 1. The smallest absolute Gasteiger partial charge is 0.241 e. The van der Waals surface area contributed by atoms with Crippen LogP contribution in [0, 0.1) is 6.92 Å². The van der Waals surface area contributed by atoms with Crippen LogP contribution in [0.25, 0.3) is 0 Å². The standard InChI is InChI=1S/C15H15ClN2O3S/c1-11-4-2-7-14(8-11)22(20,21)17-10-15(19)18-13-6-3-5-12(16)9-13/h2-9,17H,10H2,1H3,(H,18,19). The quantitative estimate of drug-likeness (QED) is 0.879. The lowest BCUT2D eigenvalue weighted by Gasteiger charge is -2.08. The van der Waals surface area contributed by atoms with Crippen molar-refractivity contribution in [3.63, 3.8) is 0 Å². The van der Waals surface area contributed by atoms with Crippen molar-refractivity contribution in [1.82, 2.24) is 4.72 Å². The van der Waals surface area contributed by atoms with Gasteiger partial charge in [-0.2, -0.15) is 0 Å². The number of aryl methyl sites for hydroxylation is 1. The largest absolute Gasteiger partial charge is 0.325 e. The van der Waals surface area contributed by atoms with Crippen LogP contribution in [0.3, 0.4) is 0 Å². The van der Waals surface area contributed by atoms with E-state index in [1.165, 1.54) is 12.1 Å². The molecule has 0 aromatic heterocycles. The lowest BCUT2D eigenvalue weighted by atomic mass is 10.2. The Balaban J connectivity index is 1.98. The molecule has 0 atom stereocenters. The van der Waals surface area contributed by atoms with E-state index >= 15 is 0 Å². The number of hydrogen-bond acceptors (Lipinski definition) is 3. The molecule has 0 heterocycles. The van der Waals surface area contributed by atoms with E-state index in [9.17, 15) is 13.2 Å². The molecule has 2 aromatic carbocycles. The van der Waals surface area contributed by atoms with Crippen LogP contribution in [0.15, 0.2) is 53.4 Å². The van der Waals surface area contributed by atoms with Gasteiger partial charge in [-0.1, -0.05) is 29.8 Å². The summed E-state index contributed by atoms with van der Waals surface area (Å²) >= 11 is 5.81. The highest BCUT2D eigenvalue weighted by Crippen LogP contribution is 2.15. The summed E-state index contributed by atoms with van der Waals surface area (Å²) in [5.74, 6) is -0.474. The summed E-state index contributed by atoms with van der Waals surface area (Å²) < 4.78 is 26.4. The SMILES string of the molecule is Cc1cccc(S(=O)(=O)NCC(=O)Nc2cccc(Cl)c2)c1. The van der Waals surface area contributed by atoms with Gasteiger partial charge < -0.3 is 5.32 Å². The Hall–Kier alpha value is -1.89. The molecule has 1 amide bonds. The van der Waals surface area contributed by atoms with Crippen LogP contribution >= 0.6 is 11.6 Å². The fourth-order valence-electron chi connectivity index (χ4n) is 1.80. The van der Waals surface area contributed by atoms with Gasteiger partial charge in [0.2, 0.25) is 15.9 Å². The minimum Gasteiger partial charge on any atom is -0.325 e. The van der Waals surface area contributed by atoms with E-state index in [1.54, 1.807) is 43.3 Å². The zero-order valence-electron chi connectivity index (χ0n) is 11.8. The van der Waals surface area contributed by atoms with Gasteiger partial charge in [0.15, 0.2) is 0 Å². The van der Waals surface area contributed by atoms with Crippen molar-refractivity contribution in [2.24, 2.45) is 0 Å². The monoisotopic (exact) mass is 338 g/mol. The van der Waals surface area contributed by atoms with E-state index in [0.29, 0.717) is 10.7 Å². The summed E-state index contributed by atoms with van der Waals surface area (Å²) in [6.45, 7) is 1.44. The van der Waals surface area contributed by atoms with Gasteiger partial charge in [0, 0.05) is 10.7 Å². The molecule has 0 spiro atoms. The first-order valence-corrected chi connectivity index (χ1v) is 8.35. The van der Waals surface area contributed by atoms with Gasteiger partial charge in [0.05, 0.1) is 11.4 Å². The van der Waals surface area contributed by atoms with Crippen molar-refractivity contribution in [2.45, 2.75) is 11.8 Å². The number of rotatable bonds is 5. The third kappa shape index (κ3) is 4.56. The molecule has 7 heteroatoms. The Morgan fingerprint density at radius 1 is 1.14 bits per heavy atom. The third-order valence-electron chi connectivity index (χ3n) is 2.83. The van der Waals surface area contributed by atoms with Crippen molar-refractivity contribution in [1.29, 1.82) is 0 Å². The van der Waals surface area contributed by atoms with Gasteiger partial charge in [-0.3, -0.25) is 4.79 Å². The maximum absolute atomic E-state index is 12.1. The topological polar surface area (TPSA) is 75.3 Å². The second-order valence-electron chi connectivity index (χ2n) is 4.70. The number of sulfonamides is 1. The van der Waals surface area contributed by atoms with Gasteiger partial charge in [0.25, 0.3) is 0 Å². The number of carbonyl (C=O) groups excluding carboxylic acids is 1. The molecule has 0 unspecified atom stereocenters. The summed E-state index contributed by atoms with van der Waals surface area (Å²) in [4.78, 5) is 11.9.